The highest BCUT2D eigenvalue weighted by atomic mass is 19.3. The molecule has 170 valence electrons. The van der Waals surface area contributed by atoms with E-state index in [4.69, 9.17) is 4.74 Å². The number of fused-ring (bicyclic) bond motifs is 1. The Balaban J connectivity index is 1.53. The molecule has 0 bridgehead atoms. The number of aromatic nitrogens is 2. The molecule has 0 radical (unpaired) electrons. The maximum Gasteiger partial charge on any atom is 0.272 e. The molecular weight excluding hydrogens is 386 g/mol. The van der Waals surface area contributed by atoms with Crippen molar-refractivity contribution in [2.24, 2.45) is 0 Å². The molecule has 3 heterocycles. The van der Waals surface area contributed by atoms with Crippen LogP contribution in [0.15, 0.2) is 0 Å². The summed E-state index contributed by atoms with van der Waals surface area (Å²) >= 11 is 0. The second-order valence-corrected chi connectivity index (χ2v) is 10.5. The van der Waals surface area contributed by atoms with Crippen molar-refractivity contribution in [2.45, 2.75) is 101 Å². The predicted octanol–water partition coefficient (Wildman–Crippen LogP) is 4.10. The first-order chi connectivity index (χ1) is 14.1. The van der Waals surface area contributed by atoms with E-state index in [2.05, 4.69) is 36.2 Å². The standard InChI is InChI=1S/C23H38F2N4O/c1-21(2)8-5-9-22(30-21)10-6-17(7-11-22)20-18(15-28(4)13-12-26-3)27-29-16-23(24,25)14-19(20)29/h17,26H,5-16H2,1-4H3. The van der Waals surface area contributed by atoms with Crippen molar-refractivity contribution in [3.63, 3.8) is 0 Å². The number of ether oxygens (including phenoxy) is 1. The van der Waals surface area contributed by atoms with E-state index in [1.54, 1.807) is 4.68 Å². The number of likely N-dealkylation sites (N-methyl/N-ethyl adjacent to an activating group) is 2. The molecule has 2 aliphatic heterocycles. The molecule has 30 heavy (non-hydrogen) atoms. The molecule has 1 aromatic heterocycles. The summed E-state index contributed by atoms with van der Waals surface area (Å²) in [5, 5.41) is 7.85. The van der Waals surface area contributed by atoms with Crippen LogP contribution in [0.4, 0.5) is 8.78 Å². The third-order valence-electron chi connectivity index (χ3n) is 7.35. The van der Waals surface area contributed by atoms with Gasteiger partial charge in [-0.3, -0.25) is 9.58 Å². The van der Waals surface area contributed by atoms with Gasteiger partial charge < -0.3 is 10.1 Å². The lowest BCUT2D eigenvalue weighted by Crippen LogP contribution is -2.47. The molecule has 0 amide bonds. The maximum atomic E-state index is 14.1. The molecular formula is C23H38F2N4O. The fourth-order valence-corrected chi connectivity index (χ4v) is 5.94. The lowest BCUT2D eigenvalue weighted by atomic mass is 9.71. The zero-order chi connectivity index (χ0) is 21.6. The van der Waals surface area contributed by atoms with E-state index in [1.165, 1.54) is 6.42 Å². The van der Waals surface area contributed by atoms with Crippen LogP contribution in [0.25, 0.3) is 0 Å². The third-order valence-corrected chi connectivity index (χ3v) is 7.35. The van der Waals surface area contributed by atoms with Crippen molar-refractivity contribution >= 4 is 0 Å². The largest absolute Gasteiger partial charge is 0.369 e. The summed E-state index contributed by atoms with van der Waals surface area (Å²) in [5.41, 5.74) is 2.84. The van der Waals surface area contributed by atoms with E-state index in [0.717, 1.165) is 68.6 Å². The number of hydrogen-bond acceptors (Lipinski definition) is 4. The van der Waals surface area contributed by atoms with Gasteiger partial charge in [-0.05, 0) is 78.8 Å². The fourth-order valence-electron chi connectivity index (χ4n) is 5.94. The molecule has 2 fully saturated rings. The molecule has 1 N–H and O–H groups in total. The lowest BCUT2D eigenvalue weighted by molar-refractivity contribution is -0.188. The topological polar surface area (TPSA) is 42.3 Å². The highest BCUT2D eigenvalue weighted by Gasteiger charge is 2.46. The average molecular weight is 425 g/mol. The van der Waals surface area contributed by atoms with Crippen molar-refractivity contribution in [3.8, 4) is 0 Å². The van der Waals surface area contributed by atoms with Gasteiger partial charge in [-0.15, -0.1) is 0 Å². The summed E-state index contributed by atoms with van der Waals surface area (Å²) in [4.78, 5) is 2.23. The fraction of sp³-hybridized carbons (Fsp3) is 0.870. The minimum absolute atomic E-state index is 0.0116. The Kier molecular flexibility index (Phi) is 6.01. The number of halogens is 2. The van der Waals surface area contributed by atoms with E-state index in [9.17, 15) is 8.78 Å². The van der Waals surface area contributed by atoms with E-state index < -0.39 is 5.92 Å². The van der Waals surface area contributed by atoms with Gasteiger partial charge in [-0.1, -0.05) is 0 Å². The molecule has 0 unspecified atom stereocenters. The van der Waals surface area contributed by atoms with E-state index in [1.807, 2.05) is 7.05 Å². The molecule has 1 aliphatic carbocycles. The van der Waals surface area contributed by atoms with Crippen LogP contribution in [0.2, 0.25) is 0 Å². The molecule has 1 saturated carbocycles. The second kappa shape index (κ2) is 8.14. The lowest BCUT2D eigenvalue weighted by Gasteiger charge is -2.49. The van der Waals surface area contributed by atoms with Gasteiger partial charge in [-0.25, -0.2) is 8.78 Å². The van der Waals surface area contributed by atoms with Crippen molar-refractivity contribution in [1.29, 1.82) is 0 Å². The van der Waals surface area contributed by atoms with Crippen LogP contribution in [0.1, 0.15) is 81.7 Å². The zero-order valence-electron chi connectivity index (χ0n) is 19.1. The van der Waals surface area contributed by atoms with Gasteiger partial charge in [0.2, 0.25) is 0 Å². The second-order valence-electron chi connectivity index (χ2n) is 10.5. The average Bonchev–Trinajstić information content (AvgIpc) is 3.11. The number of nitrogens with one attached hydrogen (secondary N) is 1. The summed E-state index contributed by atoms with van der Waals surface area (Å²) in [5.74, 6) is -2.35. The van der Waals surface area contributed by atoms with Crippen LogP contribution < -0.4 is 5.32 Å². The minimum atomic E-state index is -2.67. The summed E-state index contributed by atoms with van der Waals surface area (Å²) in [6.07, 6.45) is 7.37. The number of rotatable bonds is 6. The van der Waals surface area contributed by atoms with Gasteiger partial charge in [0.15, 0.2) is 0 Å². The maximum absolute atomic E-state index is 14.1. The number of alkyl halides is 2. The Morgan fingerprint density at radius 2 is 1.93 bits per heavy atom. The quantitative estimate of drug-likeness (QED) is 0.747. The molecule has 7 heteroatoms. The SMILES string of the molecule is CNCCN(C)Cc1nn2c(c1C1CCC3(CCCC(C)(C)O3)CC1)CC(F)(F)C2. The normalized spacial score (nSPS) is 30.2. The molecule has 5 nitrogen and oxygen atoms in total. The van der Waals surface area contributed by atoms with Crippen LogP contribution in [0.3, 0.4) is 0 Å². The zero-order valence-corrected chi connectivity index (χ0v) is 19.1. The van der Waals surface area contributed by atoms with Crippen molar-refractivity contribution in [2.75, 3.05) is 27.2 Å². The Morgan fingerprint density at radius 1 is 1.20 bits per heavy atom. The summed E-state index contributed by atoms with van der Waals surface area (Å²) in [6.45, 7) is 6.65. The van der Waals surface area contributed by atoms with E-state index in [0.29, 0.717) is 12.5 Å². The summed E-state index contributed by atoms with van der Waals surface area (Å²) < 4.78 is 36.5. The van der Waals surface area contributed by atoms with Gasteiger partial charge in [0.1, 0.15) is 6.54 Å². The van der Waals surface area contributed by atoms with Crippen LogP contribution in [0.5, 0.6) is 0 Å². The van der Waals surface area contributed by atoms with Gasteiger partial charge in [0.05, 0.1) is 23.3 Å². The first-order valence-corrected chi connectivity index (χ1v) is 11.6. The monoisotopic (exact) mass is 424 g/mol. The molecule has 1 saturated heterocycles. The third kappa shape index (κ3) is 4.58. The van der Waals surface area contributed by atoms with E-state index >= 15 is 0 Å². The Hall–Kier alpha value is -1.05. The molecule has 4 rings (SSSR count). The van der Waals surface area contributed by atoms with Crippen LogP contribution in [0, 0.1) is 0 Å². The predicted molar refractivity (Wildman–Crippen MR) is 114 cm³/mol. The van der Waals surface area contributed by atoms with Gasteiger partial charge in [-0.2, -0.15) is 5.10 Å². The molecule has 3 aliphatic rings. The van der Waals surface area contributed by atoms with Crippen molar-refractivity contribution in [3.05, 3.63) is 17.0 Å². The molecule has 0 aromatic carbocycles. The highest BCUT2D eigenvalue weighted by molar-refractivity contribution is 5.34. The Morgan fingerprint density at radius 3 is 2.60 bits per heavy atom. The van der Waals surface area contributed by atoms with Crippen LogP contribution in [-0.4, -0.2) is 59.0 Å². The smallest absolute Gasteiger partial charge is 0.272 e. The Bertz CT molecular complexity index is 753. The first kappa shape index (κ1) is 22.2. The summed E-state index contributed by atoms with van der Waals surface area (Å²) in [6, 6.07) is 0. The molecule has 0 atom stereocenters. The van der Waals surface area contributed by atoms with Crippen molar-refractivity contribution in [1.82, 2.24) is 20.0 Å². The van der Waals surface area contributed by atoms with Gasteiger partial charge in [0.25, 0.3) is 5.92 Å². The summed E-state index contributed by atoms with van der Waals surface area (Å²) in [7, 11) is 4.02. The minimum Gasteiger partial charge on any atom is -0.369 e. The number of hydrogen-bond donors (Lipinski definition) is 1. The van der Waals surface area contributed by atoms with Crippen LogP contribution in [-0.2, 0) is 24.2 Å². The molecule has 1 spiro atoms. The molecule has 1 aromatic rings. The Labute approximate surface area is 179 Å². The first-order valence-electron chi connectivity index (χ1n) is 11.6. The highest BCUT2D eigenvalue weighted by Crippen LogP contribution is 2.49. The van der Waals surface area contributed by atoms with Crippen molar-refractivity contribution < 1.29 is 13.5 Å². The van der Waals surface area contributed by atoms with Gasteiger partial charge in [0, 0.05) is 30.9 Å². The van der Waals surface area contributed by atoms with Gasteiger partial charge >= 0.3 is 0 Å². The number of nitrogens with zero attached hydrogens (tertiary/aromatic N) is 3. The van der Waals surface area contributed by atoms with Crippen LogP contribution >= 0.6 is 0 Å². The van der Waals surface area contributed by atoms with E-state index in [-0.39, 0.29) is 24.2 Å².